The van der Waals surface area contributed by atoms with Gasteiger partial charge in [-0.15, -0.1) is 0 Å². The molecule has 2 N–H and O–H groups in total. The molecule has 6 nitrogen and oxygen atoms in total. The van der Waals surface area contributed by atoms with Gasteiger partial charge in [0.2, 0.25) is 0 Å². The monoisotopic (exact) mass is 372 g/mol. The summed E-state index contributed by atoms with van der Waals surface area (Å²) < 4.78 is 22.4. The van der Waals surface area contributed by atoms with E-state index in [0.29, 0.717) is 13.0 Å². The minimum atomic E-state index is -2.89. The first kappa shape index (κ1) is 20.5. The maximum Gasteiger partial charge on any atom is 0.191 e. The number of hydrogen-bond acceptors (Lipinski definition) is 4. The molecule has 1 saturated heterocycles. The number of nitrogens with zero attached hydrogens (tertiary/aromatic N) is 2. The highest BCUT2D eigenvalue weighted by Crippen LogP contribution is 2.35. The highest BCUT2D eigenvalue weighted by atomic mass is 32.2. The third kappa shape index (κ3) is 6.77. The topological polar surface area (TPSA) is 73.8 Å². The van der Waals surface area contributed by atoms with Gasteiger partial charge in [-0.25, -0.2) is 8.42 Å². The Morgan fingerprint density at radius 3 is 2.28 bits per heavy atom. The summed E-state index contributed by atoms with van der Waals surface area (Å²) >= 11 is 0. The first-order valence-electron chi connectivity index (χ1n) is 9.82. The van der Waals surface area contributed by atoms with Gasteiger partial charge in [-0.1, -0.05) is 25.7 Å². The van der Waals surface area contributed by atoms with Gasteiger partial charge in [-0.3, -0.25) is 9.89 Å². The molecular weight excluding hydrogens is 336 g/mol. The van der Waals surface area contributed by atoms with Crippen molar-refractivity contribution >= 4 is 15.8 Å². The molecule has 7 heteroatoms. The molecule has 0 aromatic heterocycles. The molecule has 2 aliphatic rings. The summed E-state index contributed by atoms with van der Waals surface area (Å²) in [4.78, 5) is 7.03. The lowest BCUT2D eigenvalue weighted by Gasteiger charge is -2.48. The third-order valence-corrected chi connectivity index (χ3v) is 6.63. The molecule has 1 aliphatic carbocycles. The zero-order chi connectivity index (χ0) is 18.2. The Kier molecular flexibility index (Phi) is 8.00. The van der Waals surface area contributed by atoms with Crippen molar-refractivity contribution in [3.63, 3.8) is 0 Å². The normalized spacial score (nSPS) is 22.6. The molecule has 25 heavy (non-hydrogen) atoms. The van der Waals surface area contributed by atoms with Crippen LogP contribution < -0.4 is 10.6 Å². The van der Waals surface area contributed by atoms with Gasteiger partial charge in [0.25, 0.3) is 0 Å². The second-order valence-corrected chi connectivity index (χ2v) is 9.93. The van der Waals surface area contributed by atoms with E-state index in [1.165, 1.54) is 70.7 Å². The lowest BCUT2D eigenvalue weighted by atomic mass is 9.79. The third-order valence-electron chi connectivity index (χ3n) is 5.60. The molecule has 146 valence electrons. The van der Waals surface area contributed by atoms with E-state index < -0.39 is 9.84 Å². The fourth-order valence-corrected chi connectivity index (χ4v) is 4.86. The van der Waals surface area contributed by atoms with E-state index in [0.717, 1.165) is 12.5 Å². The van der Waals surface area contributed by atoms with Crippen LogP contribution >= 0.6 is 0 Å². The molecule has 2 rings (SSSR count). The van der Waals surface area contributed by atoms with Gasteiger partial charge in [0.05, 0.1) is 5.75 Å². The van der Waals surface area contributed by atoms with E-state index in [2.05, 4.69) is 20.5 Å². The molecule has 0 aromatic rings. The Labute approximate surface area is 153 Å². The summed E-state index contributed by atoms with van der Waals surface area (Å²) in [7, 11) is -1.11. The highest BCUT2D eigenvalue weighted by molar-refractivity contribution is 7.90. The first-order valence-corrected chi connectivity index (χ1v) is 11.9. The van der Waals surface area contributed by atoms with Crippen LogP contribution in [0.1, 0.15) is 57.8 Å². The quantitative estimate of drug-likeness (QED) is 0.405. The van der Waals surface area contributed by atoms with Gasteiger partial charge >= 0.3 is 0 Å². The summed E-state index contributed by atoms with van der Waals surface area (Å²) in [5.41, 5.74) is 0.267. The zero-order valence-electron chi connectivity index (χ0n) is 16.0. The van der Waals surface area contributed by atoms with Gasteiger partial charge in [0, 0.05) is 31.9 Å². The number of aliphatic imine (C=N–C) groups is 1. The van der Waals surface area contributed by atoms with Crippen LogP contribution in [0.2, 0.25) is 0 Å². The van der Waals surface area contributed by atoms with Crippen molar-refractivity contribution in [3.05, 3.63) is 0 Å². The molecule has 1 aliphatic heterocycles. The van der Waals surface area contributed by atoms with E-state index >= 15 is 0 Å². The molecule has 0 amide bonds. The SMILES string of the molecule is CN=C(NCCCS(C)(=O)=O)NCC1(N2CCCCC2)CCCCC1. The molecule has 1 saturated carbocycles. The summed E-state index contributed by atoms with van der Waals surface area (Å²) in [6.45, 7) is 4.01. The van der Waals surface area contributed by atoms with Gasteiger partial charge in [-0.2, -0.15) is 0 Å². The van der Waals surface area contributed by atoms with E-state index in [1.54, 1.807) is 7.05 Å². The number of nitrogens with one attached hydrogen (secondary N) is 2. The van der Waals surface area contributed by atoms with Crippen molar-refractivity contribution in [1.29, 1.82) is 0 Å². The van der Waals surface area contributed by atoms with Crippen molar-refractivity contribution < 1.29 is 8.42 Å². The maximum absolute atomic E-state index is 11.2. The smallest absolute Gasteiger partial charge is 0.191 e. The molecule has 0 atom stereocenters. The van der Waals surface area contributed by atoms with Crippen LogP contribution in [0, 0.1) is 0 Å². The lowest BCUT2D eigenvalue weighted by Crippen LogP contribution is -2.59. The van der Waals surface area contributed by atoms with Gasteiger partial charge in [-0.05, 0) is 45.2 Å². The van der Waals surface area contributed by atoms with Crippen molar-refractivity contribution in [2.24, 2.45) is 4.99 Å². The van der Waals surface area contributed by atoms with E-state index in [-0.39, 0.29) is 11.3 Å². The van der Waals surface area contributed by atoms with Crippen LogP contribution in [-0.2, 0) is 9.84 Å². The van der Waals surface area contributed by atoms with Gasteiger partial charge in [0.1, 0.15) is 9.84 Å². The minimum Gasteiger partial charge on any atom is -0.356 e. The highest BCUT2D eigenvalue weighted by Gasteiger charge is 2.38. The van der Waals surface area contributed by atoms with E-state index in [4.69, 9.17) is 0 Å². The minimum absolute atomic E-state index is 0.217. The number of sulfone groups is 1. The van der Waals surface area contributed by atoms with E-state index in [1.807, 2.05) is 0 Å². The Balaban J connectivity index is 1.85. The number of rotatable bonds is 7. The second kappa shape index (κ2) is 9.76. The summed E-state index contributed by atoms with van der Waals surface area (Å²) in [6.07, 6.45) is 12.4. The molecule has 0 unspecified atom stereocenters. The molecular formula is C18H36N4O2S. The van der Waals surface area contributed by atoms with Gasteiger partial charge in [0.15, 0.2) is 5.96 Å². The van der Waals surface area contributed by atoms with Gasteiger partial charge < -0.3 is 10.6 Å². The average molecular weight is 373 g/mol. The van der Waals surface area contributed by atoms with Crippen molar-refractivity contribution in [1.82, 2.24) is 15.5 Å². The fourth-order valence-electron chi connectivity index (χ4n) is 4.19. The molecule has 2 fully saturated rings. The summed E-state index contributed by atoms with van der Waals surface area (Å²) in [6, 6.07) is 0. The predicted molar refractivity (Wildman–Crippen MR) is 105 cm³/mol. The van der Waals surface area contributed by atoms with Crippen molar-refractivity contribution in [3.8, 4) is 0 Å². The van der Waals surface area contributed by atoms with Crippen LogP contribution in [0.15, 0.2) is 4.99 Å². The van der Waals surface area contributed by atoms with Crippen LogP contribution in [0.3, 0.4) is 0 Å². The molecule has 0 spiro atoms. The Hall–Kier alpha value is -0.820. The second-order valence-electron chi connectivity index (χ2n) is 7.67. The van der Waals surface area contributed by atoms with Crippen LogP contribution in [0.4, 0.5) is 0 Å². The summed E-state index contributed by atoms with van der Waals surface area (Å²) in [5, 5.41) is 6.78. The fraction of sp³-hybridized carbons (Fsp3) is 0.944. The number of hydrogen-bond donors (Lipinski definition) is 2. The van der Waals surface area contributed by atoms with E-state index in [9.17, 15) is 8.42 Å². The molecule has 1 heterocycles. The standard InChI is InChI=1S/C18H36N4O2S/c1-19-17(20-12-9-15-25(2,23)24)21-16-18(10-5-3-6-11-18)22-13-7-4-8-14-22/h3-16H2,1-2H3,(H2,19,20,21). The van der Waals surface area contributed by atoms with Crippen LogP contribution in [0.25, 0.3) is 0 Å². The Bertz CT molecular complexity index is 521. The van der Waals surface area contributed by atoms with Crippen molar-refractivity contribution in [2.45, 2.75) is 63.3 Å². The van der Waals surface area contributed by atoms with Crippen LogP contribution in [-0.4, -0.2) is 70.1 Å². The Morgan fingerprint density at radius 1 is 1.04 bits per heavy atom. The summed E-state index contributed by atoms with van der Waals surface area (Å²) in [5.74, 6) is 1.00. The van der Waals surface area contributed by atoms with Crippen LogP contribution in [0.5, 0.6) is 0 Å². The first-order chi connectivity index (χ1) is 12.0. The Morgan fingerprint density at radius 2 is 1.68 bits per heavy atom. The predicted octanol–water partition coefficient (Wildman–Crippen LogP) is 1.77. The molecule has 0 radical (unpaired) electrons. The average Bonchev–Trinajstić information content (AvgIpc) is 2.62. The zero-order valence-corrected chi connectivity index (χ0v) is 16.8. The number of guanidine groups is 1. The maximum atomic E-state index is 11.2. The lowest BCUT2D eigenvalue weighted by molar-refractivity contribution is 0.0368. The van der Waals surface area contributed by atoms with Crippen molar-refractivity contribution in [2.75, 3.05) is 45.2 Å². The largest absolute Gasteiger partial charge is 0.356 e. The molecule has 0 aromatic carbocycles. The number of piperidine rings is 1. The molecule has 0 bridgehead atoms. The number of likely N-dealkylation sites (tertiary alicyclic amines) is 1.